The summed E-state index contributed by atoms with van der Waals surface area (Å²) in [5, 5.41) is 6.53. The van der Waals surface area contributed by atoms with Crippen molar-refractivity contribution in [3.05, 3.63) is 16.4 Å². The van der Waals surface area contributed by atoms with Crippen LogP contribution in [0, 0.1) is 5.41 Å². The van der Waals surface area contributed by atoms with E-state index in [2.05, 4.69) is 26.3 Å². The zero-order chi connectivity index (χ0) is 14.3. The molecule has 1 aromatic rings. The molecule has 1 atom stereocenters. The number of Topliss-reactive ketones (excluding diaryl/α,β-unsaturated/α-hetero) is 1. The SMILES string of the molecule is CCn1ncc(Br)c1C(=O)C1(C(F)(F)F)CCNC1. The Labute approximate surface area is 116 Å². The summed E-state index contributed by atoms with van der Waals surface area (Å²) in [7, 11) is 0. The van der Waals surface area contributed by atoms with Gasteiger partial charge in [0.2, 0.25) is 0 Å². The summed E-state index contributed by atoms with van der Waals surface area (Å²) in [6.07, 6.45) is -3.46. The first-order valence-corrected chi connectivity index (χ1v) is 6.66. The van der Waals surface area contributed by atoms with Gasteiger partial charge in [0.1, 0.15) is 11.1 Å². The van der Waals surface area contributed by atoms with Gasteiger partial charge in [0.05, 0.1) is 10.7 Å². The number of alkyl halides is 3. The second-order valence-corrected chi connectivity index (χ2v) is 5.35. The monoisotopic (exact) mass is 339 g/mol. The molecule has 1 fully saturated rings. The number of nitrogens with zero attached hydrogens (tertiary/aromatic N) is 2. The van der Waals surface area contributed by atoms with E-state index < -0.39 is 17.4 Å². The maximum absolute atomic E-state index is 13.3. The lowest BCUT2D eigenvalue weighted by molar-refractivity contribution is -0.197. The molecule has 2 heterocycles. The van der Waals surface area contributed by atoms with E-state index >= 15 is 0 Å². The van der Waals surface area contributed by atoms with Crippen molar-refractivity contribution in [1.82, 2.24) is 15.1 Å². The highest BCUT2D eigenvalue weighted by Crippen LogP contribution is 2.46. The molecule has 19 heavy (non-hydrogen) atoms. The minimum atomic E-state index is -4.57. The number of aromatic nitrogens is 2. The lowest BCUT2D eigenvalue weighted by Crippen LogP contribution is -2.47. The number of rotatable bonds is 3. The van der Waals surface area contributed by atoms with Gasteiger partial charge < -0.3 is 5.32 Å². The van der Waals surface area contributed by atoms with Gasteiger partial charge in [0.15, 0.2) is 5.78 Å². The van der Waals surface area contributed by atoms with E-state index in [1.165, 1.54) is 10.9 Å². The smallest absolute Gasteiger partial charge is 0.315 e. The number of carbonyl (C=O) groups is 1. The Bertz CT molecular complexity index is 492. The van der Waals surface area contributed by atoms with Crippen molar-refractivity contribution >= 4 is 21.7 Å². The van der Waals surface area contributed by atoms with Gasteiger partial charge in [-0.05, 0) is 35.8 Å². The zero-order valence-electron chi connectivity index (χ0n) is 10.2. The van der Waals surface area contributed by atoms with Crippen molar-refractivity contribution < 1.29 is 18.0 Å². The van der Waals surface area contributed by atoms with Crippen molar-refractivity contribution in [2.75, 3.05) is 13.1 Å². The van der Waals surface area contributed by atoms with E-state index in [9.17, 15) is 18.0 Å². The lowest BCUT2D eigenvalue weighted by atomic mass is 9.80. The van der Waals surface area contributed by atoms with Crippen molar-refractivity contribution in [2.24, 2.45) is 5.41 Å². The zero-order valence-corrected chi connectivity index (χ0v) is 11.8. The normalized spacial score (nSPS) is 23.8. The molecule has 0 aliphatic carbocycles. The Balaban J connectivity index is 2.49. The van der Waals surface area contributed by atoms with Crippen LogP contribution in [-0.4, -0.2) is 34.8 Å². The molecule has 1 N–H and O–H groups in total. The van der Waals surface area contributed by atoms with Crippen LogP contribution in [0.2, 0.25) is 0 Å². The number of aryl methyl sites for hydroxylation is 1. The molecule has 1 saturated heterocycles. The fourth-order valence-electron chi connectivity index (χ4n) is 2.31. The van der Waals surface area contributed by atoms with Crippen molar-refractivity contribution in [2.45, 2.75) is 26.1 Å². The lowest BCUT2D eigenvalue weighted by Gasteiger charge is -2.29. The van der Waals surface area contributed by atoms with Crippen LogP contribution >= 0.6 is 15.9 Å². The third-order valence-corrected chi connectivity index (χ3v) is 4.02. The van der Waals surface area contributed by atoms with Crippen LogP contribution < -0.4 is 5.32 Å². The molecular weight excluding hydrogens is 327 g/mol. The summed E-state index contributed by atoms with van der Waals surface area (Å²) in [6.45, 7) is 1.87. The first kappa shape index (κ1) is 14.5. The highest BCUT2D eigenvalue weighted by Gasteiger charge is 2.62. The fraction of sp³-hybridized carbons (Fsp3) is 0.636. The molecule has 0 bridgehead atoms. The second-order valence-electron chi connectivity index (χ2n) is 4.49. The molecule has 4 nitrogen and oxygen atoms in total. The Morgan fingerprint density at radius 2 is 2.32 bits per heavy atom. The molecule has 1 unspecified atom stereocenters. The van der Waals surface area contributed by atoms with E-state index in [0.29, 0.717) is 11.0 Å². The standard InChI is InChI=1S/C11H13BrF3N3O/c1-2-18-8(7(12)5-17-18)9(19)10(11(13,14)15)3-4-16-6-10/h5,16H,2-4,6H2,1H3. The number of hydrogen-bond acceptors (Lipinski definition) is 3. The third kappa shape index (κ3) is 2.20. The minimum Gasteiger partial charge on any atom is -0.315 e. The van der Waals surface area contributed by atoms with E-state index in [4.69, 9.17) is 0 Å². The molecule has 1 aliphatic heterocycles. The van der Waals surface area contributed by atoms with Gasteiger partial charge in [-0.2, -0.15) is 18.3 Å². The molecular formula is C11H13BrF3N3O. The van der Waals surface area contributed by atoms with Crippen LogP contribution in [-0.2, 0) is 6.54 Å². The summed E-state index contributed by atoms with van der Waals surface area (Å²) in [6, 6.07) is 0. The predicted octanol–water partition coefficient (Wildman–Crippen LogP) is 2.39. The van der Waals surface area contributed by atoms with Crippen molar-refractivity contribution in [1.29, 1.82) is 0 Å². The van der Waals surface area contributed by atoms with Crippen LogP contribution in [0.15, 0.2) is 10.7 Å². The Morgan fingerprint density at radius 3 is 2.79 bits per heavy atom. The van der Waals surface area contributed by atoms with Crippen LogP contribution in [0.1, 0.15) is 23.8 Å². The van der Waals surface area contributed by atoms with Crippen LogP contribution in [0.25, 0.3) is 0 Å². The predicted molar refractivity (Wildman–Crippen MR) is 65.9 cm³/mol. The average molecular weight is 340 g/mol. The average Bonchev–Trinajstić information content (AvgIpc) is 2.94. The van der Waals surface area contributed by atoms with E-state index in [-0.39, 0.29) is 25.2 Å². The molecule has 0 amide bonds. The number of halogens is 4. The molecule has 0 radical (unpaired) electrons. The molecule has 0 aromatic carbocycles. The van der Waals surface area contributed by atoms with Crippen LogP contribution in [0.4, 0.5) is 13.2 Å². The van der Waals surface area contributed by atoms with Crippen molar-refractivity contribution in [3.8, 4) is 0 Å². The Morgan fingerprint density at radius 1 is 1.63 bits per heavy atom. The molecule has 0 spiro atoms. The second kappa shape index (κ2) is 4.90. The largest absolute Gasteiger partial charge is 0.403 e. The summed E-state index contributed by atoms with van der Waals surface area (Å²) in [5.74, 6) is -0.920. The molecule has 8 heteroatoms. The van der Waals surface area contributed by atoms with E-state index in [1.807, 2.05) is 0 Å². The van der Waals surface area contributed by atoms with Gasteiger partial charge in [-0.15, -0.1) is 0 Å². The third-order valence-electron chi connectivity index (χ3n) is 3.44. The number of nitrogens with one attached hydrogen (secondary N) is 1. The van der Waals surface area contributed by atoms with Crippen LogP contribution in [0.3, 0.4) is 0 Å². The number of hydrogen-bond donors (Lipinski definition) is 1. The molecule has 1 aromatic heterocycles. The molecule has 106 valence electrons. The van der Waals surface area contributed by atoms with Gasteiger partial charge in [-0.25, -0.2) is 0 Å². The number of carbonyl (C=O) groups excluding carboxylic acids is 1. The molecule has 2 rings (SSSR count). The van der Waals surface area contributed by atoms with E-state index in [1.54, 1.807) is 6.92 Å². The molecule has 0 saturated carbocycles. The topological polar surface area (TPSA) is 46.9 Å². The summed E-state index contributed by atoms with van der Waals surface area (Å²) in [4.78, 5) is 12.4. The van der Waals surface area contributed by atoms with Gasteiger partial charge in [0, 0.05) is 13.1 Å². The Hall–Kier alpha value is -0.890. The number of ketones is 1. The summed E-state index contributed by atoms with van der Waals surface area (Å²) < 4.78 is 41.6. The van der Waals surface area contributed by atoms with Crippen LogP contribution in [0.5, 0.6) is 0 Å². The van der Waals surface area contributed by atoms with Gasteiger partial charge >= 0.3 is 6.18 Å². The highest BCUT2D eigenvalue weighted by molar-refractivity contribution is 9.10. The maximum atomic E-state index is 13.3. The fourth-order valence-corrected chi connectivity index (χ4v) is 2.79. The summed E-state index contributed by atoms with van der Waals surface area (Å²) in [5.41, 5.74) is -2.36. The van der Waals surface area contributed by atoms with Crippen molar-refractivity contribution in [3.63, 3.8) is 0 Å². The first-order chi connectivity index (χ1) is 8.83. The minimum absolute atomic E-state index is 0.0106. The highest BCUT2D eigenvalue weighted by atomic mass is 79.9. The quantitative estimate of drug-likeness (QED) is 0.860. The maximum Gasteiger partial charge on any atom is 0.403 e. The molecule has 1 aliphatic rings. The Kier molecular flexibility index (Phi) is 3.74. The van der Waals surface area contributed by atoms with Gasteiger partial charge in [-0.3, -0.25) is 9.48 Å². The first-order valence-electron chi connectivity index (χ1n) is 5.87. The summed E-state index contributed by atoms with van der Waals surface area (Å²) >= 11 is 3.10. The van der Waals surface area contributed by atoms with Gasteiger partial charge in [-0.1, -0.05) is 0 Å². The van der Waals surface area contributed by atoms with Gasteiger partial charge in [0.25, 0.3) is 0 Å². The van der Waals surface area contributed by atoms with E-state index in [0.717, 1.165) is 0 Å².